The lowest BCUT2D eigenvalue weighted by Gasteiger charge is -2.33. The highest BCUT2D eigenvalue weighted by Crippen LogP contribution is 2.24. The van der Waals surface area contributed by atoms with Crippen LogP contribution >= 0.6 is 0 Å². The van der Waals surface area contributed by atoms with Gasteiger partial charge in [-0.15, -0.1) is 0 Å². The summed E-state index contributed by atoms with van der Waals surface area (Å²) in [6.45, 7) is 1.58. The van der Waals surface area contributed by atoms with E-state index in [2.05, 4.69) is 0 Å². The third-order valence-corrected chi connectivity index (χ3v) is 3.45. The van der Waals surface area contributed by atoms with Crippen molar-refractivity contribution in [1.82, 2.24) is 0 Å². The maximum Gasteiger partial charge on any atom is 0.222 e. The Hall–Kier alpha value is -1.62. The first-order valence-corrected chi connectivity index (χ1v) is 6.14. The van der Waals surface area contributed by atoms with Crippen molar-refractivity contribution in [2.24, 2.45) is 17.4 Å². The minimum absolute atomic E-state index is 0.143. The van der Waals surface area contributed by atoms with Gasteiger partial charge in [0.2, 0.25) is 5.91 Å². The quantitative estimate of drug-likeness (QED) is 0.841. The smallest absolute Gasteiger partial charge is 0.222 e. The Labute approximate surface area is 106 Å². The number of halogens is 1. The van der Waals surface area contributed by atoms with Gasteiger partial charge in [-0.1, -0.05) is 6.07 Å². The topological polar surface area (TPSA) is 72.3 Å². The highest BCUT2D eigenvalue weighted by molar-refractivity contribution is 5.77. The molecule has 0 radical (unpaired) electrons. The van der Waals surface area contributed by atoms with Gasteiger partial charge in [-0.25, -0.2) is 4.39 Å². The molecule has 0 spiro atoms. The largest absolute Gasteiger partial charge is 0.371 e. The van der Waals surface area contributed by atoms with Gasteiger partial charge in [0, 0.05) is 30.9 Å². The van der Waals surface area contributed by atoms with Gasteiger partial charge >= 0.3 is 0 Å². The number of hydrogen-bond donors (Lipinski definition) is 2. The fraction of sp³-hybridized carbons (Fsp3) is 0.462. The van der Waals surface area contributed by atoms with E-state index in [1.54, 1.807) is 6.07 Å². The van der Waals surface area contributed by atoms with Crippen molar-refractivity contribution >= 4 is 11.6 Å². The number of rotatable bonds is 3. The van der Waals surface area contributed by atoms with Crippen molar-refractivity contribution in [3.05, 3.63) is 29.6 Å². The molecule has 1 amide bonds. The summed E-state index contributed by atoms with van der Waals surface area (Å²) < 4.78 is 13.7. The molecule has 5 heteroatoms. The van der Waals surface area contributed by atoms with Crippen molar-refractivity contribution in [2.75, 3.05) is 18.0 Å². The van der Waals surface area contributed by atoms with Crippen molar-refractivity contribution in [2.45, 2.75) is 19.4 Å². The average Bonchev–Trinajstić information content (AvgIpc) is 2.38. The number of piperidine rings is 1. The molecule has 98 valence electrons. The Bertz CT molecular complexity index is 450. The van der Waals surface area contributed by atoms with Gasteiger partial charge in [0.25, 0.3) is 0 Å². The van der Waals surface area contributed by atoms with Crippen LogP contribution in [0, 0.1) is 11.7 Å². The van der Waals surface area contributed by atoms with E-state index in [-0.39, 0.29) is 24.2 Å². The molecule has 4 nitrogen and oxygen atoms in total. The second kappa shape index (κ2) is 5.35. The van der Waals surface area contributed by atoms with Crippen molar-refractivity contribution in [3.8, 4) is 0 Å². The fourth-order valence-electron chi connectivity index (χ4n) is 2.34. The van der Waals surface area contributed by atoms with E-state index < -0.39 is 0 Å². The highest BCUT2D eigenvalue weighted by atomic mass is 19.1. The van der Waals surface area contributed by atoms with Crippen molar-refractivity contribution in [1.29, 1.82) is 0 Å². The lowest BCUT2D eigenvalue weighted by molar-refractivity contribution is -0.122. The summed E-state index contributed by atoms with van der Waals surface area (Å²) in [5.41, 5.74) is 12.0. The van der Waals surface area contributed by atoms with Crippen molar-refractivity contribution < 1.29 is 9.18 Å². The van der Waals surface area contributed by atoms with Crippen LogP contribution in [0.4, 0.5) is 10.1 Å². The van der Waals surface area contributed by atoms with Crippen LogP contribution in [0.1, 0.15) is 18.4 Å². The van der Waals surface area contributed by atoms with Crippen LogP contribution in [0.5, 0.6) is 0 Å². The Balaban J connectivity index is 2.16. The summed E-state index contributed by atoms with van der Waals surface area (Å²) in [6, 6.07) is 5.01. The van der Waals surface area contributed by atoms with Crippen molar-refractivity contribution in [3.63, 3.8) is 0 Å². The van der Waals surface area contributed by atoms with Crippen LogP contribution in [0.2, 0.25) is 0 Å². The van der Waals surface area contributed by atoms with Gasteiger partial charge in [-0.3, -0.25) is 4.79 Å². The molecular formula is C13H18FN3O. The Morgan fingerprint density at radius 1 is 1.50 bits per heavy atom. The van der Waals surface area contributed by atoms with Crippen LogP contribution in [-0.2, 0) is 11.3 Å². The number of primary amides is 1. The Kier molecular flexibility index (Phi) is 3.81. The third-order valence-electron chi connectivity index (χ3n) is 3.45. The molecule has 1 aromatic rings. The maximum atomic E-state index is 13.7. The molecule has 1 aliphatic heterocycles. The first-order chi connectivity index (χ1) is 8.61. The summed E-state index contributed by atoms with van der Waals surface area (Å²) in [6.07, 6.45) is 1.71. The van der Waals surface area contributed by atoms with E-state index in [1.165, 1.54) is 6.07 Å². The fourth-order valence-corrected chi connectivity index (χ4v) is 2.34. The van der Waals surface area contributed by atoms with E-state index in [1.807, 2.05) is 11.0 Å². The van der Waals surface area contributed by atoms with Gasteiger partial charge in [-0.05, 0) is 25.0 Å². The van der Waals surface area contributed by atoms with Gasteiger partial charge in [0.1, 0.15) is 5.82 Å². The maximum absolute atomic E-state index is 13.7. The predicted octanol–water partition coefficient (Wildman–Crippen LogP) is 0.986. The number of nitrogens with two attached hydrogens (primary N) is 2. The Morgan fingerprint density at radius 2 is 2.28 bits per heavy atom. The first kappa shape index (κ1) is 12.8. The van der Waals surface area contributed by atoms with E-state index in [9.17, 15) is 9.18 Å². The SMILES string of the molecule is NCc1ccc(N2CCCC(C(N)=O)C2)cc1F. The summed E-state index contributed by atoms with van der Waals surface area (Å²) >= 11 is 0. The first-order valence-electron chi connectivity index (χ1n) is 6.14. The normalized spacial score (nSPS) is 19.9. The van der Waals surface area contributed by atoms with Crippen LogP contribution in [0.15, 0.2) is 18.2 Å². The summed E-state index contributed by atoms with van der Waals surface area (Å²) in [7, 11) is 0. The number of carbonyl (C=O) groups is 1. The molecule has 0 saturated carbocycles. The molecule has 1 aromatic carbocycles. The Morgan fingerprint density at radius 3 is 2.89 bits per heavy atom. The molecule has 0 aliphatic carbocycles. The second-order valence-electron chi connectivity index (χ2n) is 4.67. The van der Waals surface area contributed by atoms with Gasteiger partial charge < -0.3 is 16.4 Å². The lowest BCUT2D eigenvalue weighted by atomic mass is 9.97. The van der Waals surface area contributed by atoms with Gasteiger partial charge in [0.05, 0.1) is 5.92 Å². The van der Waals surface area contributed by atoms with E-state index in [0.717, 1.165) is 25.1 Å². The molecule has 1 unspecified atom stereocenters. The van der Waals surface area contributed by atoms with Crippen LogP contribution in [0.25, 0.3) is 0 Å². The number of nitrogens with zero attached hydrogens (tertiary/aromatic N) is 1. The minimum Gasteiger partial charge on any atom is -0.371 e. The zero-order valence-electron chi connectivity index (χ0n) is 10.2. The molecule has 18 heavy (non-hydrogen) atoms. The number of hydrogen-bond acceptors (Lipinski definition) is 3. The molecule has 1 saturated heterocycles. The van der Waals surface area contributed by atoms with E-state index >= 15 is 0 Å². The summed E-state index contributed by atoms with van der Waals surface area (Å²) in [5, 5.41) is 0. The number of amides is 1. The summed E-state index contributed by atoms with van der Waals surface area (Å²) in [4.78, 5) is 13.2. The number of anilines is 1. The monoisotopic (exact) mass is 251 g/mol. The summed E-state index contributed by atoms with van der Waals surface area (Å²) in [5.74, 6) is -0.717. The van der Waals surface area contributed by atoms with E-state index in [4.69, 9.17) is 11.5 Å². The van der Waals surface area contributed by atoms with Crippen LogP contribution in [-0.4, -0.2) is 19.0 Å². The molecule has 1 atom stereocenters. The van der Waals surface area contributed by atoms with Crippen LogP contribution in [0.3, 0.4) is 0 Å². The molecule has 0 aromatic heterocycles. The third kappa shape index (κ3) is 2.61. The second-order valence-corrected chi connectivity index (χ2v) is 4.67. The molecule has 4 N–H and O–H groups in total. The average molecular weight is 251 g/mol. The minimum atomic E-state index is -0.295. The zero-order chi connectivity index (χ0) is 13.1. The molecule has 0 bridgehead atoms. The molecule has 2 rings (SSSR count). The molecule has 1 aliphatic rings. The van der Waals surface area contributed by atoms with Gasteiger partial charge in [-0.2, -0.15) is 0 Å². The van der Waals surface area contributed by atoms with Gasteiger partial charge in [0.15, 0.2) is 0 Å². The molecular weight excluding hydrogens is 233 g/mol. The predicted molar refractivity (Wildman–Crippen MR) is 68.4 cm³/mol. The van der Waals surface area contributed by atoms with Crippen LogP contribution < -0.4 is 16.4 Å². The lowest BCUT2D eigenvalue weighted by Crippen LogP contribution is -2.41. The zero-order valence-corrected chi connectivity index (χ0v) is 10.2. The standard InChI is InChI=1S/C13H18FN3O/c14-12-6-11(4-3-9(12)7-15)17-5-1-2-10(8-17)13(16)18/h3-4,6,10H,1-2,5,7-8,15H2,(H2,16,18). The molecule has 1 fully saturated rings. The van der Waals surface area contributed by atoms with E-state index in [0.29, 0.717) is 12.1 Å². The number of carbonyl (C=O) groups excluding carboxylic acids is 1. The highest BCUT2D eigenvalue weighted by Gasteiger charge is 2.24. The number of benzene rings is 1. The molecule has 1 heterocycles.